The Morgan fingerprint density at radius 1 is 0.680 bits per heavy atom. The summed E-state index contributed by atoms with van der Waals surface area (Å²) < 4.78 is 30.3. The molecule has 21 nitrogen and oxygen atoms in total. The number of primary amides is 2. The summed E-state index contributed by atoms with van der Waals surface area (Å²) in [5.41, 5.74) is 3.78. The van der Waals surface area contributed by atoms with Gasteiger partial charge in [-0.3, -0.25) is 43.4 Å². The van der Waals surface area contributed by atoms with Gasteiger partial charge in [-0.2, -0.15) is 0 Å². The van der Waals surface area contributed by atoms with E-state index in [0.717, 1.165) is 37.8 Å². The van der Waals surface area contributed by atoms with Crippen LogP contribution in [0.5, 0.6) is 11.5 Å². The molecule has 75 heavy (non-hydrogen) atoms. The minimum absolute atomic E-state index is 0.0789. The van der Waals surface area contributed by atoms with Gasteiger partial charge in [0, 0.05) is 63.5 Å². The van der Waals surface area contributed by atoms with Crippen molar-refractivity contribution in [2.24, 2.45) is 40.1 Å². The number of amides is 3. The van der Waals surface area contributed by atoms with Crippen molar-refractivity contribution in [2.45, 2.75) is 101 Å². The van der Waals surface area contributed by atoms with E-state index in [0.29, 0.717) is 12.3 Å². The van der Waals surface area contributed by atoms with Crippen molar-refractivity contribution in [3.05, 3.63) is 79.8 Å². The number of phenols is 2. The zero-order valence-electron chi connectivity index (χ0n) is 41.9. The number of hydrogen-bond acceptors (Lipinski definition) is 18. The Hall–Kier alpha value is -7.21. The van der Waals surface area contributed by atoms with Crippen LogP contribution in [0.1, 0.15) is 87.5 Å². The molecule has 0 spiro atoms. The summed E-state index contributed by atoms with van der Waals surface area (Å²) in [7, 11) is 5.99. The average molecular weight is 1050 g/mol. The lowest BCUT2D eigenvalue weighted by Crippen LogP contribution is -2.67. The fourth-order valence-corrected chi connectivity index (χ4v) is 13.2. The van der Waals surface area contributed by atoms with E-state index in [1.807, 2.05) is 0 Å². The van der Waals surface area contributed by atoms with Crippen LogP contribution in [0, 0.1) is 40.2 Å². The van der Waals surface area contributed by atoms with Crippen molar-refractivity contribution in [2.75, 3.05) is 39.2 Å². The average Bonchev–Trinajstić information content (AvgIpc) is 3.83. The van der Waals surface area contributed by atoms with Crippen molar-refractivity contribution in [3.8, 4) is 11.5 Å². The zero-order valence-corrected chi connectivity index (χ0v) is 41.9. The Balaban J connectivity index is 0.000000205. The number of rotatable bonds is 8. The number of nitrogens with zero attached hydrogens (tertiary/aromatic N) is 2. The van der Waals surface area contributed by atoms with Gasteiger partial charge in [-0.1, -0.05) is 39.5 Å². The number of aliphatic hydroxyl groups is 6. The van der Waals surface area contributed by atoms with Gasteiger partial charge in [0.05, 0.1) is 34.6 Å². The maximum absolute atomic E-state index is 15.6. The maximum Gasteiger partial charge on any atom is 0.255 e. The molecule has 9 rings (SSSR count). The van der Waals surface area contributed by atoms with Gasteiger partial charge in [0.25, 0.3) is 11.8 Å². The van der Waals surface area contributed by atoms with Crippen LogP contribution in [0.4, 0.5) is 20.2 Å². The summed E-state index contributed by atoms with van der Waals surface area (Å²) in [5, 5.41) is 91.5. The molecule has 402 valence electrons. The van der Waals surface area contributed by atoms with Crippen LogP contribution < -0.4 is 22.5 Å². The van der Waals surface area contributed by atoms with Crippen LogP contribution in [0.15, 0.2) is 45.9 Å². The molecule has 3 amide bonds. The minimum atomic E-state index is -2.81. The summed E-state index contributed by atoms with van der Waals surface area (Å²) >= 11 is 0. The number of halogens is 2. The number of nitrogens with two attached hydrogens (primary N) is 3. The fourth-order valence-electron chi connectivity index (χ4n) is 13.2. The third-order valence-electron chi connectivity index (χ3n) is 16.7. The van der Waals surface area contributed by atoms with Crippen LogP contribution >= 0.6 is 0 Å². The number of ketones is 4. The Morgan fingerprint density at radius 2 is 1.08 bits per heavy atom. The molecule has 7 aliphatic carbocycles. The predicted octanol–water partition coefficient (Wildman–Crippen LogP) is 2.48. The van der Waals surface area contributed by atoms with Crippen molar-refractivity contribution < 1.29 is 83.2 Å². The largest absolute Gasteiger partial charge is 0.508 e. The molecule has 0 bridgehead atoms. The SMILES string of the molecule is CN(C)[C@@H]1C(=O)C(C(N)=O)=C(O)[C@@]2(O)C(=O)C3=C(O)c4c(O)c(N)cc(F)c4C[C@@]3(C)C[C@@H]12.CN(C)[C@@H]1C(=O)C(C(N)=O)=C(O)[C@@]2(O)C(=O)C3=C(O)c4c(O)c(NC(=O)CCC5CCCC5)cc(F)c4C[C@@]3(C)C[C@@H]12. The van der Waals surface area contributed by atoms with E-state index in [2.05, 4.69) is 5.32 Å². The molecular weight excluding hydrogens is 987 g/mol. The number of benzene rings is 2. The molecule has 3 fully saturated rings. The highest BCUT2D eigenvalue weighted by atomic mass is 19.1. The van der Waals surface area contributed by atoms with Crippen LogP contribution in [-0.2, 0) is 46.4 Å². The van der Waals surface area contributed by atoms with Gasteiger partial charge < -0.3 is 63.4 Å². The standard InChI is InChI=1S/C30H36FN3O8.C22H24FN3O7/c1-29-11-14-16(31)10-17(33-18(35)9-8-13-6-4-5-7-13)23(36)19(14)24(37)21(29)27(40)30(42)15(12-29)22(34(2)3)25(38)20(26(30)39)28(32)41;1-21-5-7-9(23)4-10(24)15(27)11(7)16(28)13(21)19(31)22(33)8(6-21)14(26(2)3)17(29)12(18(22)30)20(25)32/h10,13,15,22,36-37,39,42H,4-9,11-12H2,1-3H3,(H2,32,41)(H,33,35);4,8,14,27-28,30,33H,5-6,24H2,1-3H3,(H2,25,32)/t15-,22-,29-,30+;8-,14-,21-,22+/m00/s1. The number of carbonyl (C=O) groups is 7. The molecule has 15 N–H and O–H groups in total. The molecule has 23 heteroatoms. The first kappa shape index (κ1) is 54.1. The summed E-state index contributed by atoms with van der Waals surface area (Å²) in [6.07, 6.45) is 4.44. The number of nitrogen functional groups attached to an aromatic ring is 1. The molecule has 0 saturated heterocycles. The van der Waals surface area contributed by atoms with Gasteiger partial charge in [-0.25, -0.2) is 8.78 Å². The third kappa shape index (κ3) is 7.87. The van der Waals surface area contributed by atoms with Gasteiger partial charge in [0.1, 0.15) is 51.6 Å². The Morgan fingerprint density at radius 3 is 1.48 bits per heavy atom. The number of phenolic OH excluding ortho intramolecular Hbond substituents is 2. The second-order valence-electron chi connectivity index (χ2n) is 22.0. The molecule has 2 aromatic rings. The highest BCUT2D eigenvalue weighted by molar-refractivity contribution is 6.26. The number of aromatic hydroxyl groups is 2. The molecule has 0 aromatic heterocycles. The van der Waals surface area contributed by atoms with Gasteiger partial charge >= 0.3 is 0 Å². The van der Waals surface area contributed by atoms with Crippen molar-refractivity contribution >= 4 is 63.7 Å². The molecular formula is C52H60F2N6O15. The number of hydrogen-bond donors (Lipinski definition) is 12. The van der Waals surface area contributed by atoms with E-state index in [4.69, 9.17) is 17.2 Å². The smallest absolute Gasteiger partial charge is 0.255 e. The van der Waals surface area contributed by atoms with Crippen LogP contribution in [0.2, 0.25) is 0 Å². The van der Waals surface area contributed by atoms with Crippen molar-refractivity contribution in [1.29, 1.82) is 0 Å². The van der Waals surface area contributed by atoms with Gasteiger partial charge in [0.2, 0.25) is 17.5 Å². The number of carbonyl (C=O) groups excluding carboxylic acids is 7. The number of fused-ring (bicyclic) bond motifs is 6. The first-order valence-corrected chi connectivity index (χ1v) is 24.3. The van der Waals surface area contributed by atoms with E-state index in [1.54, 1.807) is 13.8 Å². The predicted molar refractivity (Wildman–Crippen MR) is 262 cm³/mol. The second kappa shape index (κ2) is 18.3. The molecule has 0 aliphatic heterocycles. The van der Waals surface area contributed by atoms with Gasteiger partial charge in [-0.15, -0.1) is 0 Å². The number of likely N-dealkylation sites (N-methyl/N-ethyl adjacent to an activating group) is 2. The van der Waals surface area contributed by atoms with Crippen molar-refractivity contribution in [1.82, 2.24) is 9.80 Å². The van der Waals surface area contributed by atoms with Crippen LogP contribution in [-0.4, -0.2) is 143 Å². The summed E-state index contributed by atoms with van der Waals surface area (Å²) in [6, 6.07) is -0.606. The second-order valence-corrected chi connectivity index (χ2v) is 22.0. The lowest BCUT2D eigenvalue weighted by atomic mass is 9.52. The minimum Gasteiger partial charge on any atom is -0.508 e. The Bertz CT molecular complexity index is 3100. The van der Waals surface area contributed by atoms with E-state index in [-0.39, 0.29) is 65.7 Å². The molecule has 0 unspecified atom stereocenters. The lowest BCUT2D eigenvalue weighted by Gasteiger charge is -2.53. The normalized spacial score (nSPS) is 30.3. The summed E-state index contributed by atoms with van der Waals surface area (Å²) in [4.78, 5) is 93.6. The molecule has 3 saturated carbocycles. The lowest BCUT2D eigenvalue weighted by molar-refractivity contribution is -0.157. The zero-order chi connectivity index (χ0) is 55.7. The highest BCUT2D eigenvalue weighted by Gasteiger charge is 2.68. The Kier molecular flexibility index (Phi) is 13.2. The first-order valence-electron chi connectivity index (χ1n) is 24.3. The number of anilines is 2. The topological polar surface area (TPSA) is 378 Å². The Labute approximate surface area is 427 Å². The van der Waals surface area contributed by atoms with E-state index in [1.165, 1.54) is 38.0 Å². The maximum atomic E-state index is 15.6. The molecule has 2 aromatic carbocycles. The molecule has 0 radical (unpaired) electrons. The fraction of sp³-hybridized carbons (Fsp3) is 0.481. The van der Waals surface area contributed by atoms with Crippen LogP contribution in [0.25, 0.3) is 11.5 Å². The summed E-state index contributed by atoms with van der Waals surface area (Å²) in [5.74, 6) is -16.3. The quantitative estimate of drug-likeness (QED) is 0.103. The van der Waals surface area contributed by atoms with Gasteiger partial charge in [-0.05, 0) is 66.2 Å². The van der Waals surface area contributed by atoms with Crippen LogP contribution in [0.3, 0.4) is 0 Å². The molecule has 8 atom stereocenters. The number of aliphatic hydroxyl groups excluding tert-OH is 4. The number of nitrogens with one attached hydrogen (secondary N) is 1. The summed E-state index contributed by atoms with van der Waals surface area (Å²) in [6.45, 7) is 3.10. The molecule has 0 heterocycles. The molecule has 7 aliphatic rings. The number of Topliss-reactive ketones (excluding diaryl/α,β-unsaturated/α-hetero) is 4. The monoisotopic (exact) mass is 1050 g/mol. The van der Waals surface area contributed by atoms with E-state index < -0.39 is 155 Å². The van der Waals surface area contributed by atoms with Gasteiger partial charge in [0.15, 0.2) is 28.5 Å². The first-order chi connectivity index (χ1) is 34.8. The highest BCUT2D eigenvalue weighted by Crippen LogP contribution is 2.60. The van der Waals surface area contributed by atoms with E-state index >= 15 is 4.39 Å². The van der Waals surface area contributed by atoms with E-state index in [9.17, 15) is 78.8 Å². The van der Waals surface area contributed by atoms with Crippen molar-refractivity contribution in [3.63, 3.8) is 0 Å². The third-order valence-corrected chi connectivity index (χ3v) is 16.7.